The van der Waals surface area contributed by atoms with Gasteiger partial charge in [-0.3, -0.25) is 0 Å². The monoisotopic (exact) mass is 599 g/mol. The fraction of sp³-hybridized carbons (Fsp3) is 0.667. The van der Waals surface area contributed by atoms with Gasteiger partial charge in [-0.05, 0) is 50.3 Å². The van der Waals surface area contributed by atoms with E-state index in [0.717, 1.165) is 47.4 Å². The Balaban J connectivity index is 2.23. The van der Waals surface area contributed by atoms with E-state index in [1.807, 2.05) is 26.0 Å². The van der Waals surface area contributed by atoms with E-state index in [1.165, 1.54) is 84.8 Å². The number of carbonyl (C=O) groups is 2. The molecule has 0 saturated heterocycles. The molecule has 7 nitrogen and oxygen atoms in total. The predicted octanol–water partition coefficient (Wildman–Crippen LogP) is 8.32. The second-order valence-electron chi connectivity index (χ2n) is 11.5. The molecular formula is C36H57NO6. The maximum absolute atomic E-state index is 13.4. The minimum absolute atomic E-state index is 0.108. The van der Waals surface area contributed by atoms with Crippen molar-refractivity contribution in [2.75, 3.05) is 34.5 Å². The Kier molecular flexibility index (Phi) is 17.8. The molecule has 0 aliphatic carbocycles. The van der Waals surface area contributed by atoms with Crippen molar-refractivity contribution in [1.29, 1.82) is 0 Å². The number of hydrogen-bond acceptors (Lipinski definition) is 7. The zero-order valence-electron chi connectivity index (χ0n) is 27.8. The van der Waals surface area contributed by atoms with Gasteiger partial charge in [-0.15, -0.1) is 0 Å². The fourth-order valence-corrected chi connectivity index (χ4v) is 6.08. The van der Waals surface area contributed by atoms with E-state index in [0.29, 0.717) is 19.6 Å². The Bertz CT molecular complexity index is 1060. The maximum Gasteiger partial charge on any atom is 0.355 e. The van der Waals surface area contributed by atoms with Crippen molar-refractivity contribution in [3.8, 4) is 5.75 Å². The van der Waals surface area contributed by atoms with Gasteiger partial charge in [0.15, 0.2) is 0 Å². The molecule has 0 fully saturated rings. The molecule has 43 heavy (non-hydrogen) atoms. The van der Waals surface area contributed by atoms with Crippen LogP contribution in [0.2, 0.25) is 0 Å². The van der Waals surface area contributed by atoms with Crippen molar-refractivity contribution in [2.24, 2.45) is 0 Å². The summed E-state index contributed by atoms with van der Waals surface area (Å²) in [6, 6.07) is 6.09. The third-order valence-corrected chi connectivity index (χ3v) is 8.37. The highest BCUT2D eigenvalue weighted by molar-refractivity contribution is 6.02. The molecule has 1 unspecified atom stereocenters. The summed E-state index contributed by atoms with van der Waals surface area (Å²) in [5.74, 6) is -0.992. The van der Waals surface area contributed by atoms with Crippen LogP contribution in [0.1, 0.15) is 128 Å². The lowest BCUT2D eigenvalue weighted by Crippen LogP contribution is -2.34. The lowest BCUT2D eigenvalue weighted by atomic mass is 9.76. The van der Waals surface area contributed by atoms with Crippen molar-refractivity contribution >= 4 is 11.9 Å². The Morgan fingerprint density at radius 2 is 1.35 bits per heavy atom. The number of allylic oxidation sites excluding steroid dienone is 1. The van der Waals surface area contributed by atoms with Gasteiger partial charge in [0.2, 0.25) is 0 Å². The zero-order chi connectivity index (χ0) is 31.5. The second-order valence-corrected chi connectivity index (χ2v) is 11.5. The number of rotatable bonds is 22. The Labute approximate surface area is 260 Å². The van der Waals surface area contributed by atoms with Gasteiger partial charge in [0, 0.05) is 24.3 Å². The van der Waals surface area contributed by atoms with Crippen molar-refractivity contribution < 1.29 is 28.5 Å². The first-order chi connectivity index (χ1) is 20.9. The molecule has 1 aliphatic rings. The van der Waals surface area contributed by atoms with Crippen LogP contribution in [-0.4, -0.2) is 46.5 Å². The van der Waals surface area contributed by atoms with E-state index in [9.17, 15) is 9.59 Å². The molecule has 0 saturated carbocycles. The summed E-state index contributed by atoms with van der Waals surface area (Å²) in [7, 11) is 4.31. The first-order valence-corrected chi connectivity index (χ1v) is 16.6. The SMILES string of the molecule is CCCCCCCCCCCCCCCc1cccc(OCC)c1C1C(CCOC)=C(C)NC(C(=O)OC)=C1C(=O)OC. The van der Waals surface area contributed by atoms with Gasteiger partial charge in [0.05, 0.1) is 33.0 Å². The number of carbonyl (C=O) groups excluding carboxylic acids is 2. The quantitative estimate of drug-likeness (QED) is 0.106. The van der Waals surface area contributed by atoms with Crippen LogP contribution < -0.4 is 10.1 Å². The average molecular weight is 600 g/mol. The first kappa shape index (κ1) is 36.4. The third-order valence-electron chi connectivity index (χ3n) is 8.37. The summed E-state index contributed by atoms with van der Waals surface area (Å²) in [6.07, 6.45) is 18.4. The molecule has 1 heterocycles. The molecule has 1 atom stereocenters. The van der Waals surface area contributed by atoms with E-state index in [2.05, 4.69) is 18.3 Å². The number of unbranched alkanes of at least 4 members (excludes halogenated alkanes) is 12. The molecule has 0 aromatic heterocycles. The van der Waals surface area contributed by atoms with E-state index < -0.39 is 17.9 Å². The van der Waals surface area contributed by atoms with Crippen molar-refractivity contribution in [3.63, 3.8) is 0 Å². The van der Waals surface area contributed by atoms with Gasteiger partial charge >= 0.3 is 11.9 Å². The number of dihydropyridines is 1. The van der Waals surface area contributed by atoms with Crippen LogP contribution in [0.25, 0.3) is 0 Å². The number of esters is 2. The maximum atomic E-state index is 13.4. The highest BCUT2D eigenvalue weighted by atomic mass is 16.5. The topological polar surface area (TPSA) is 83.1 Å². The average Bonchev–Trinajstić information content (AvgIpc) is 3.01. The van der Waals surface area contributed by atoms with Crippen LogP contribution in [0.4, 0.5) is 0 Å². The highest BCUT2D eigenvalue weighted by Gasteiger charge is 2.39. The number of benzene rings is 1. The first-order valence-electron chi connectivity index (χ1n) is 16.6. The largest absolute Gasteiger partial charge is 0.494 e. The normalized spacial score (nSPS) is 15.0. The molecular weight excluding hydrogens is 542 g/mol. The van der Waals surface area contributed by atoms with Gasteiger partial charge in [-0.2, -0.15) is 0 Å². The summed E-state index contributed by atoms with van der Waals surface area (Å²) < 4.78 is 21.9. The number of nitrogens with one attached hydrogen (secondary N) is 1. The number of aryl methyl sites for hydroxylation is 1. The van der Waals surface area contributed by atoms with Crippen LogP contribution in [-0.2, 0) is 30.2 Å². The van der Waals surface area contributed by atoms with Gasteiger partial charge in [0.25, 0.3) is 0 Å². The molecule has 242 valence electrons. The molecule has 1 aliphatic heterocycles. The lowest BCUT2D eigenvalue weighted by Gasteiger charge is -2.33. The Morgan fingerprint density at radius 1 is 0.767 bits per heavy atom. The smallest absolute Gasteiger partial charge is 0.355 e. The number of hydrogen-bond donors (Lipinski definition) is 1. The van der Waals surface area contributed by atoms with E-state index in [1.54, 1.807) is 7.11 Å². The standard InChI is InChI=1S/C36H57NO6/c1-7-9-10-11-12-13-14-15-16-17-18-19-20-22-28-23-21-24-30(43-8-2)31(28)32-29(25-26-40-4)27(3)37-34(36(39)42-6)33(32)35(38)41-5/h21,23-24,32,37H,7-20,22,25-26H2,1-6H3. The molecule has 0 bridgehead atoms. The zero-order valence-corrected chi connectivity index (χ0v) is 27.8. The Morgan fingerprint density at radius 3 is 1.88 bits per heavy atom. The van der Waals surface area contributed by atoms with Gasteiger partial charge in [-0.1, -0.05) is 96.1 Å². The van der Waals surface area contributed by atoms with Crippen LogP contribution in [0, 0.1) is 0 Å². The highest BCUT2D eigenvalue weighted by Crippen LogP contribution is 2.45. The predicted molar refractivity (Wildman–Crippen MR) is 173 cm³/mol. The number of methoxy groups -OCH3 is 3. The van der Waals surface area contributed by atoms with Crippen LogP contribution in [0.5, 0.6) is 5.75 Å². The fourth-order valence-electron chi connectivity index (χ4n) is 6.08. The number of ether oxygens (including phenoxy) is 4. The van der Waals surface area contributed by atoms with Crippen LogP contribution in [0.3, 0.4) is 0 Å². The third kappa shape index (κ3) is 11.3. The summed E-state index contributed by atoms with van der Waals surface area (Å²) in [5, 5.41) is 3.15. The molecule has 1 aromatic carbocycles. The summed E-state index contributed by atoms with van der Waals surface area (Å²) in [6.45, 7) is 7.10. The molecule has 1 N–H and O–H groups in total. The molecule has 0 radical (unpaired) electrons. The van der Waals surface area contributed by atoms with E-state index in [4.69, 9.17) is 18.9 Å². The van der Waals surface area contributed by atoms with E-state index >= 15 is 0 Å². The molecule has 2 rings (SSSR count). The molecule has 0 spiro atoms. The van der Waals surface area contributed by atoms with Crippen molar-refractivity contribution in [1.82, 2.24) is 5.32 Å². The molecule has 1 aromatic rings. The minimum Gasteiger partial charge on any atom is -0.494 e. The lowest BCUT2D eigenvalue weighted by molar-refractivity contribution is -0.140. The van der Waals surface area contributed by atoms with E-state index in [-0.39, 0.29) is 11.3 Å². The van der Waals surface area contributed by atoms with Crippen molar-refractivity contribution in [3.05, 3.63) is 51.9 Å². The summed E-state index contributed by atoms with van der Waals surface area (Å²) in [5.41, 5.74) is 4.15. The summed E-state index contributed by atoms with van der Waals surface area (Å²) in [4.78, 5) is 26.3. The van der Waals surface area contributed by atoms with Gasteiger partial charge in [-0.25, -0.2) is 9.59 Å². The van der Waals surface area contributed by atoms with Gasteiger partial charge in [0.1, 0.15) is 11.4 Å². The Hall–Kier alpha value is -2.80. The molecule has 7 heteroatoms. The van der Waals surface area contributed by atoms with Crippen LogP contribution in [0.15, 0.2) is 40.7 Å². The van der Waals surface area contributed by atoms with Crippen LogP contribution >= 0.6 is 0 Å². The van der Waals surface area contributed by atoms with Gasteiger partial charge < -0.3 is 24.3 Å². The van der Waals surface area contributed by atoms with Crippen molar-refractivity contribution in [2.45, 2.75) is 123 Å². The summed E-state index contributed by atoms with van der Waals surface area (Å²) >= 11 is 0. The molecule has 0 amide bonds. The second kappa shape index (κ2) is 21.0. The minimum atomic E-state index is -0.609.